The minimum absolute atomic E-state index is 0. The largest absolute Gasteiger partial charge is 2.00 e. The van der Waals surface area contributed by atoms with E-state index < -0.39 is 6.68 Å². The van der Waals surface area contributed by atoms with Crippen LogP contribution in [0.15, 0.2) is 30.3 Å². The van der Waals surface area contributed by atoms with Crippen molar-refractivity contribution >= 4 is 26.1 Å². The molecule has 0 aliphatic rings. The quantitative estimate of drug-likeness (QED) is 0.433. The monoisotopic (exact) mass is 348 g/mol. The average molecular weight is 349 g/mol. The fourth-order valence-corrected chi connectivity index (χ4v) is 0.506. The molecule has 0 bridgehead atoms. The maximum Gasteiger partial charge on any atom is 2.00 e. The van der Waals surface area contributed by atoms with Crippen LogP contribution in [-0.2, 0) is 25.2 Å². The summed E-state index contributed by atoms with van der Waals surface area (Å²) < 4.78 is 28.8. The fourth-order valence-electron chi connectivity index (χ4n) is 0.506. The van der Waals surface area contributed by atoms with Crippen molar-refractivity contribution in [3.63, 3.8) is 0 Å². The Bertz CT molecular complexity index is 222. The van der Waals surface area contributed by atoms with Crippen molar-refractivity contribution in [2.24, 2.45) is 0 Å². The van der Waals surface area contributed by atoms with E-state index in [9.17, 15) is 18.0 Å². The summed E-state index contributed by atoms with van der Waals surface area (Å²) in [5, 5.41) is 0. The van der Waals surface area contributed by atoms with Gasteiger partial charge < -0.3 is 18.0 Å². The van der Waals surface area contributed by atoms with Crippen molar-refractivity contribution in [2.75, 3.05) is 0 Å². The zero-order valence-electron chi connectivity index (χ0n) is 7.66. The van der Waals surface area contributed by atoms with Crippen LogP contribution in [-0.4, -0.2) is 6.29 Å². The van der Waals surface area contributed by atoms with Gasteiger partial charge in [0.05, 0.1) is 6.29 Å². The minimum atomic E-state index is -3.08. The summed E-state index contributed by atoms with van der Waals surface area (Å²) in [6, 6.07) is 8.90. The zero-order chi connectivity index (χ0) is 9.40. The summed E-state index contributed by atoms with van der Waals surface area (Å²) in [4.78, 5) is 9.88. The molecule has 7 heteroatoms. The van der Waals surface area contributed by atoms with E-state index in [0.717, 1.165) is 0 Å². The second-order valence-electron chi connectivity index (χ2n) is 1.68. The number of hydrogen-bond donors (Lipinski definition) is 0. The molecular weight excluding hydrogens is 337 g/mol. The van der Waals surface area contributed by atoms with Crippen LogP contribution in [0.25, 0.3) is 0 Å². The van der Waals surface area contributed by atoms with Gasteiger partial charge in [0.25, 0.3) is 0 Å². The molecule has 1 aromatic carbocycles. The molecule has 0 N–H and O–H groups in total. The first-order valence-corrected chi connectivity index (χ1v) is 2.93. The van der Waals surface area contributed by atoms with Gasteiger partial charge in [-0.15, -0.1) is 12.1 Å². The van der Waals surface area contributed by atoms with E-state index >= 15 is 0 Å². The number of benzene rings is 1. The molecule has 0 radical (unpaired) electrons. The average Bonchev–Trinajstić information content (AvgIpc) is 2.05. The molecule has 0 spiro atoms. The molecule has 0 fully saturated rings. The Morgan fingerprint density at radius 2 is 1.33 bits per heavy atom. The van der Waals surface area contributed by atoms with Crippen molar-refractivity contribution in [3.8, 4) is 0 Å². The SMILES string of the molecule is F[C-](F)F.O=[C-]c1ccccc1.P.P.[Pd+2]. The predicted molar refractivity (Wildman–Crippen MR) is 60.0 cm³/mol. The van der Waals surface area contributed by atoms with Gasteiger partial charge in [0.2, 0.25) is 0 Å². The molecule has 0 aromatic heterocycles. The molecule has 2 atom stereocenters. The van der Waals surface area contributed by atoms with Crippen molar-refractivity contribution in [1.82, 2.24) is 0 Å². The molecule has 1 aromatic rings. The van der Waals surface area contributed by atoms with E-state index in [4.69, 9.17) is 0 Å². The van der Waals surface area contributed by atoms with Crippen molar-refractivity contribution in [3.05, 3.63) is 42.6 Å². The molecule has 15 heavy (non-hydrogen) atoms. The number of carbonyl (C=O) groups excluding carboxylic acids is 1. The van der Waals surface area contributed by atoms with E-state index in [2.05, 4.69) is 0 Å². The number of hydrogen-bond acceptors (Lipinski definition) is 1. The molecule has 90 valence electrons. The van der Waals surface area contributed by atoms with Gasteiger partial charge in [-0.3, -0.25) is 0 Å². The van der Waals surface area contributed by atoms with Crippen LogP contribution in [0.3, 0.4) is 0 Å². The first-order chi connectivity index (χ1) is 5.66. The summed E-state index contributed by atoms with van der Waals surface area (Å²) >= 11 is 0. The normalized spacial score (nSPS) is 6.93. The van der Waals surface area contributed by atoms with E-state index in [1.165, 1.54) is 0 Å². The third-order valence-electron chi connectivity index (χ3n) is 0.892. The third kappa shape index (κ3) is 20.3. The smallest absolute Gasteiger partial charge is 0.385 e. The Balaban J connectivity index is -0.0000000779. The van der Waals surface area contributed by atoms with Gasteiger partial charge in [-0.2, -0.15) is 37.5 Å². The Morgan fingerprint density at radius 1 is 1.00 bits per heavy atom. The van der Waals surface area contributed by atoms with E-state index in [0.29, 0.717) is 5.56 Å². The van der Waals surface area contributed by atoms with Gasteiger partial charge in [0, 0.05) is 0 Å². The molecule has 0 aliphatic carbocycles. The first kappa shape index (κ1) is 24.4. The van der Waals surface area contributed by atoms with Crippen LogP contribution < -0.4 is 0 Å². The first-order valence-electron chi connectivity index (χ1n) is 2.93. The number of halogens is 3. The van der Waals surface area contributed by atoms with Gasteiger partial charge in [-0.05, 0) is 0 Å². The van der Waals surface area contributed by atoms with E-state index in [1.54, 1.807) is 30.6 Å². The van der Waals surface area contributed by atoms with Crippen molar-refractivity contribution < 1.29 is 38.4 Å². The molecule has 2 unspecified atom stereocenters. The minimum Gasteiger partial charge on any atom is -0.385 e. The number of rotatable bonds is 1. The maximum absolute atomic E-state index is 9.88. The third-order valence-corrected chi connectivity index (χ3v) is 0.892. The molecule has 0 amide bonds. The van der Waals surface area contributed by atoms with Crippen LogP contribution in [0.1, 0.15) is 5.56 Å². The second kappa shape index (κ2) is 16.6. The summed E-state index contributed by atoms with van der Waals surface area (Å²) in [6.45, 7) is -3.08. The van der Waals surface area contributed by atoms with Gasteiger partial charge in [-0.1, -0.05) is 6.07 Å². The molecule has 0 saturated heterocycles. The summed E-state index contributed by atoms with van der Waals surface area (Å²) in [5.41, 5.74) is 0.604. The van der Waals surface area contributed by atoms with Crippen LogP contribution >= 0.6 is 19.8 Å². The van der Waals surface area contributed by atoms with Crippen LogP contribution in [0.2, 0.25) is 0 Å². The van der Waals surface area contributed by atoms with Gasteiger partial charge in [-0.25, -0.2) is 0 Å². The Morgan fingerprint density at radius 3 is 1.53 bits per heavy atom. The predicted octanol–water partition coefficient (Wildman–Crippen LogP) is 2.60. The Kier molecular flexibility index (Phi) is 27.1. The van der Waals surface area contributed by atoms with E-state index in [-0.39, 0.29) is 40.2 Å². The summed E-state index contributed by atoms with van der Waals surface area (Å²) in [7, 11) is 0. The summed E-state index contributed by atoms with van der Waals surface area (Å²) in [5.74, 6) is 0. The molecule has 0 saturated carbocycles. The van der Waals surface area contributed by atoms with Crippen LogP contribution in [0.5, 0.6) is 0 Å². The van der Waals surface area contributed by atoms with Crippen LogP contribution in [0.4, 0.5) is 13.2 Å². The molecule has 0 heterocycles. The second-order valence-corrected chi connectivity index (χ2v) is 1.68. The Hall–Kier alpha value is 0.202. The van der Waals surface area contributed by atoms with Gasteiger partial charge in [0.15, 0.2) is 6.68 Å². The standard InChI is InChI=1S/C7H5O.CF3.2H3P.Pd/c8-6-7-4-2-1-3-5-7;2-1(3)4;;;/h1-5H;;2*1H3;/q2*-1;;;+2. The molecule has 0 aliphatic heterocycles. The summed E-state index contributed by atoms with van der Waals surface area (Å²) in [6.07, 6.45) is 1.78. The maximum atomic E-state index is 9.88. The Labute approximate surface area is 107 Å². The molecule has 1 rings (SSSR count). The van der Waals surface area contributed by atoms with Gasteiger partial charge >= 0.3 is 20.4 Å². The van der Waals surface area contributed by atoms with Crippen molar-refractivity contribution in [2.45, 2.75) is 0 Å². The zero-order valence-corrected chi connectivity index (χ0v) is 12.0. The molecule has 1 nitrogen and oxygen atoms in total. The fraction of sp³-hybridized carbons (Fsp3) is 0. The van der Waals surface area contributed by atoms with Crippen molar-refractivity contribution in [1.29, 1.82) is 0 Å². The van der Waals surface area contributed by atoms with Gasteiger partial charge in [0.1, 0.15) is 0 Å². The molecular formula is C8H11F3OP2Pd. The topological polar surface area (TPSA) is 17.1 Å². The van der Waals surface area contributed by atoms with E-state index in [1.807, 2.05) is 6.07 Å². The van der Waals surface area contributed by atoms with Crippen LogP contribution in [0, 0.1) is 6.68 Å².